The van der Waals surface area contributed by atoms with E-state index in [0.717, 1.165) is 17.9 Å². The fraction of sp³-hybridized carbons (Fsp3) is 0.333. The monoisotopic (exact) mass is 354 g/mol. The molecule has 0 spiro atoms. The van der Waals surface area contributed by atoms with Gasteiger partial charge in [0, 0.05) is 32.0 Å². The van der Waals surface area contributed by atoms with Crippen molar-refractivity contribution >= 4 is 0 Å². The van der Waals surface area contributed by atoms with Crippen LogP contribution in [0.3, 0.4) is 0 Å². The van der Waals surface area contributed by atoms with Crippen LogP contribution in [0.2, 0.25) is 0 Å². The van der Waals surface area contributed by atoms with Crippen LogP contribution >= 0.6 is 0 Å². The minimum Gasteiger partial charge on any atom is -0.468 e. The van der Waals surface area contributed by atoms with Crippen LogP contribution in [0, 0.1) is 0 Å². The van der Waals surface area contributed by atoms with Crippen LogP contribution in [-0.4, -0.2) is 33.8 Å². The van der Waals surface area contributed by atoms with Gasteiger partial charge < -0.3 is 18.8 Å². The second kappa shape index (κ2) is 9.38. The molecule has 3 rings (SSSR count). The lowest BCUT2D eigenvalue weighted by molar-refractivity contribution is 0.00581. The van der Waals surface area contributed by atoms with Crippen LogP contribution in [-0.2, 0) is 31.5 Å². The van der Waals surface area contributed by atoms with Gasteiger partial charge in [-0.15, -0.1) is 0 Å². The molecule has 0 aliphatic rings. The van der Waals surface area contributed by atoms with E-state index in [9.17, 15) is 5.11 Å². The molecule has 2 aromatic heterocycles. The molecule has 1 atom stereocenters. The fourth-order valence-electron chi connectivity index (χ4n) is 2.94. The molecular formula is C21H26N2O3. The van der Waals surface area contributed by atoms with E-state index in [2.05, 4.69) is 15.5 Å². The maximum absolute atomic E-state index is 10.4. The molecule has 1 aromatic carbocycles. The minimum absolute atomic E-state index is 0.302. The van der Waals surface area contributed by atoms with Gasteiger partial charge in [-0.1, -0.05) is 30.3 Å². The van der Waals surface area contributed by atoms with E-state index in [1.807, 2.05) is 61.8 Å². The molecule has 0 saturated carbocycles. The van der Waals surface area contributed by atoms with Crippen molar-refractivity contribution in [3.63, 3.8) is 0 Å². The molecule has 1 N–H and O–H groups in total. The van der Waals surface area contributed by atoms with Crippen molar-refractivity contribution < 1.29 is 14.3 Å². The maximum atomic E-state index is 10.4. The Morgan fingerprint density at radius 1 is 1.08 bits per heavy atom. The Morgan fingerprint density at radius 3 is 2.62 bits per heavy atom. The Morgan fingerprint density at radius 2 is 1.92 bits per heavy atom. The number of aryl methyl sites for hydroxylation is 1. The normalized spacial score (nSPS) is 12.6. The van der Waals surface area contributed by atoms with Crippen LogP contribution in [0.1, 0.15) is 17.0 Å². The maximum Gasteiger partial charge on any atom is 0.117 e. The highest BCUT2D eigenvalue weighted by Gasteiger charge is 2.15. The topological polar surface area (TPSA) is 50.8 Å². The Bertz CT molecular complexity index is 753. The smallest absolute Gasteiger partial charge is 0.117 e. The SMILES string of the molecule is Cn1cccc1CN(Cc1ccco1)C[C@@H](O)COCc1ccccc1. The first-order valence-corrected chi connectivity index (χ1v) is 8.85. The number of rotatable bonds is 10. The van der Waals surface area contributed by atoms with Crippen LogP contribution in [0.25, 0.3) is 0 Å². The van der Waals surface area contributed by atoms with Crippen LogP contribution in [0.4, 0.5) is 0 Å². The van der Waals surface area contributed by atoms with Crippen molar-refractivity contribution in [1.29, 1.82) is 0 Å². The average Bonchev–Trinajstić information content (AvgIpc) is 3.28. The van der Waals surface area contributed by atoms with Crippen LogP contribution in [0.5, 0.6) is 0 Å². The molecular weight excluding hydrogens is 328 g/mol. The summed E-state index contributed by atoms with van der Waals surface area (Å²) < 4.78 is 13.2. The number of aliphatic hydroxyl groups is 1. The van der Waals surface area contributed by atoms with E-state index >= 15 is 0 Å². The van der Waals surface area contributed by atoms with Crippen molar-refractivity contribution in [3.8, 4) is 0 Å². The number of nitrogens with zero attached hydrogens (tertiary/aromatic N) is 2. The summed E-state index contributed by atoms with van der Waals surface area (Å²) in [5.41, 5.74) is 2.30. The van der Waals surface area contributed by atoms with Gasteiger partial charge in [-0.2, -0.15) is 0 Å². The molecule has 26 heavy (non-hydrogen) atoms. The quantitative estimate of drug-likeness (QED) is 0.607. The Labute approximate surface area is 154 Å². The van der Waals surface area contributed by atoms with E-state index in [4.69, 9.17) is 9.15 Å². The Hall–Kier alpha value is -2.34. The van der Waals surface area contributed by atoms with Gasteiger partial charge in [0.1, 0.15) is 5.76 Å². The number of benzene rings is 1. The van der Waals surface area contributed by atoms with Crippen molar-refractivity contribution in [3.05, 3.63) is 84.1 Å². The zero-order valence-electron chi connectivity index (χ0n) is 15.1. The third kappa shape index (κ3) is 5.59. The predicted molar refractivity (Wildman–Crippen MR) is 100 cm³/mol. The highest BCUT2D eigenvalue weighted by molar-refractivity contribution is 5.13. The molecule has 0 saturated heterocycles. The van der Waals surface area contributed by atoms with Gasteiger partial charge in [0.15, 0.2) is 0 Å². The molecule has 0 radical (unpaired) electrons. The standard InChI is InChI=1S/C21H26N2O3/c1-22-11-5-9-19(22)13-23(15-21-10-6-12-26-21)14-20(24)17-25-16-18-7-3-2-4-8-18/h2-12,20,24H,13-17H2,1H3/t20-/m1/s1. The average molecular weight is 354 g/mol. The van der Waals surface area contributed by atoms with E-state index in [-0.39, 0.29) is 0 Å². The Balaban J connectivity index is 1.53. The molecule has 0 unspecified atom stereocenters. The van der Waals surface area contributed by atoms with Crippen molar-refractivity contribution in [2.24, 2.45) is 7.05 Å². The van der Waals surface area contributed by atoms with E-state index < -0.39 is 6.10 Å². The van der Waals surface area contributed by atoms with Gasteiger partial charge >= 0.3 is 0 Å². The summed E-state index contributed by atoms with van der Waals surface area (Å²) in [7, 11) is 2.03. The number of furan rings is 1. The first-order valence-electron chi connectivity index (χ1n) is 8.85. The molecule has 0 aliphatic heterocycles. The first kappa shape index (κ1) is 18.5. The summed E-state index contributed by atoms with van der Waals surface area (Å²) in [5.74, 6) is 0.886. The summed E-state index contributed by atoms with van der Waals surface area (Å²) in [5, 5.41) is 10.4. The van der Waals surface area contributed by atoms with E-state index in [1.54, 1.807) is 6.26 Å². The number of hydrogen-bond acceptors (Lipinski definition) is 4. The summed E-state index contributed by atoms with van der Waals surface area (Å²) >= 11 is 0. The van der Waals surface area contributed by atoms with Gasteiger partial charge in [-0.25, -0.2) is 0 Å². The third-order valence-electron chi connectivity index (χ3n) is 4.29. The molecule has 5 heteroatoms. The van der Waals surface area contributed by atoms with Crippen LogP contribution in [0.15, 0.2) is 71.5 Å². The summed E-state index contributed by atoms with van der Waals surface area (Å²) in [6, 6.07) is 17.9. The zero-order chi connectivity index (χ0) is 18.2. The molecule has 2 heterocycles. The van der Waals surface area contributed by atoms with Gasteiger partial charge in [0.05, 0.1) is 32.1 Å². The highest BCUT2D eigenvalue weighted by Crippen LogP contribution is 2.12. The second-order valence-electron chi connectivity index (χ2n) is 6.51. The molecule has 0 amide bonds. The highest BCUT2D eigenvalue weighted by atomic mass is 16.5. The van der Waals surface area contributed by atoms with Crippen molar-refractivity contribution in [1.82, 2.24) is 9.47 Å². The molecule has 0 fully saturated rings. The molecule has 5 nitrogen and oxygen atoms in total. The summed E-state index contributed by atoms with van der Waals surface area (Å²) in [6.45, 7) is 2.71. The van der Waals surface area contributed by atoms with E-state index in [1.165, 1.54) is 5.69 Å². The molecule has 3 aromatic rings. The van der Waals surface area contributed by atoms with Gasteiger partial charge in [-0.3, -0.25) is 4.90 Å². The summed E-state index contributed by atoms with van der Waals surface area (Å²) in [4.78, 5) is 2.17. The number of hydrogen-bond donors (Lipinski definition) is 1. The minimum atomic E-state index is -0.561. The van der Waals surface area contributed by atoms with Crippen LogP contribution < -0.4 is 0 Å². The third-order valence-corrected chi connectivity index (χ3v) is 4.29. The lowest BCUT2D eigenvalue weighted by atomic mass is 10.2. The predicted octanol–water partition coefficient (Wildman–Crippen LogP) is 3.20. The lowest BCUT2D eigenvalue weighted by Gasteiger charge is -2.24. The summed E-state index contributed by atoms with van der Waals surface area (Å²) in [6.07, 6.45) is 3.14. The molecule has 138 valence electrons. The number of aromatic nitrogens is 1. The van der Waals surface area contributed by atoms with Gasteiger partial charge in [0.25, 0.3) is 0 Å². The molecule has 0 aliphatic carbocycles. The largest absolute Gasteiger partial charge is 0.468 e. The second-order valence-corrected chi connectivity index (χ2v) is 6.51. The number of aliphatic hydroxyl groups excluding tert-OH is 1. The van der Waals surface area contributed by atoms with Gasteiger partial charge in [0.2, 0.25) is 0 Å². The fourth-order valence-corrected chi connectivity index (χ4v) is 2.94. The first-order chi connectivity index (χ1) is 12.7. The number of ether oxygens (including phenoxy) is 1. The van der Waals surface area contributed by atoms with Gasteiger partial charge in [-0.05, 0) is 29.8 Å². The lowest BCUT2D eigenvalue weighted by Crippen LogP contribution is -2.34. The zero-order valence-corrected chi connectivity index (χ0v) is 15.1. The molecule has 0 bridgehead atoms. The van der Waals surface area contributed by atoms with Crippen molar-refractivity contribution in [2.45, 2.75) is 25.8 Å². The van der Waals surface area contributed by atoms with E-state index in [0.29, 0.717) is 26.3 Å². The van der Waals surface area contributed by atoms with Crippen molar-refractivity contribution in [2.75, 3.05) is 13.2 Å². The Kier molecular flexibility index (Phi) is 6.66.